The van der Waals surface area contributed by atoms with Crippen molar-refractivity contribution in [1.82, 2.24) is 15.2 Å². The summed E-state index contributed by atoms with van der Waals surface area (Å²) in [4.78, 5) is 43.0. The number of nitrogens with one attached hydrogen (secondary N) is 2. The predicted molar refractivity (Wildman–Crippen MR) is 141 cm³/mol. The summed E-state index contributed by atoms with van der Waals surface area (Å²) < 4.78 is 4.83. The fraction of sp³-hybridized carbons (Fsp3) is 0.308. The predicted octanol–water partition coefficient (Wildman–Crippen LogP) is 5.17. The van der Waals surface area contributed by atoms with E-state index in [9.17, 15) is 14.4 Å². The number of hydrogen-bond acceptors (Lipinski definition) is 6. The number of hydrogen-bond donors (Lipinski definition) is 2. The number of rotatable bonds is 7. The molecule has 0 spiro atoms. The highest BCUT2D eigenvalue weighted by molar-refractivity contribution is 7.10. The molecule has 1 aromatic heterocycles. The first-order chi connectivity index (χ1) is 17.4. The number of amides is 3. The molecular weight excluding hydrogens is 500 g/mol. The van der Waals surface area contributed by atoms with Gasteiger partial charge in [0, 0.05) is 40.7 Å². The summed E-state index contributed by atoms with van der Waals surface area (Å²) in [7, 11) is 0. The largest absolute Gasteiger partial charge is 0.465 e. The maximum atomic E-state index is 13.0. The number of halogens is 1. The number of para-hydroxylation sites is 1. The zero-order valence-electron chi connectivity index (χ0n) is 19.8. The minimum absolute atomic E-state index is 0.140. The molecule has 0 radical (unpaired) electrons. The van der Waals surface area contributed by atoms with E-state index in [0.29, 0.717) is 29.5 Å². The first-order valence-corrected chi connectivity index (χ1v) is 13.0. The third-order valence-corrected chi connectivity index (χ3v) is 7.16. The third-order valence-electron chi connectivity index (χ3n) is 5.91. The van der Waals surface area contributed by atoms with Gasteiger partial charge >= 0.3 is 12.0 Å². The summed E-state index contributed by atoms with van der Waals surface area (Å²) in [6.45, 7) is 2.96. The first kappa shape index (κ1) is 25.7. The molecule has 3 amide bonds. The Kier molecular flexibility index (Phi) is 8.56. The van der Waals surface area contributed by atoms with Gasteiger partial charge in [-0.25, -0.2) is 9.78 Å². The number of urea groups is 1. The van der Waals surface area contributed by atoms with Crippen LogP contribution in [-0.4, -0.2) is 54.0 Å². The van der Waals surface area contributed by atoms with Gasteiger partial charge < -0.3 is 20.3 Å². The van der Waals surface area contributed by atoms with Crippen LogP contribution in [0.2, 0.25) is 5.02 Å². The van der Waals surface area contributed by atoms with E-state index >= 15 is 0 Å². The Hall–Kier alpha value is -3.43. The number of benzene rings is 2. The second-order valence-corrected chi connectivity index (χ2v) is 9.63. The highest BCUT2D eigenvalue weighted by Crippen LogP contribution is 2.32. The molecule has 0 aliphatic carbocycles. The van der Waals surface area contributed by atoms with Crippen LogP contribution >= 0.6 is 22.9 Å². The summed E-state index contributed by atoms with van der Waals surface area (Å²) >= 11 is 7.47. The van der Waals surface area contributed by atoms with Gasteiger partial charge in [-0.15, -0.1) is 11.3 Å². The molecule has 0 saturated carbocycles. The minimum Gasteiger partial charge on any atom is -0.465 e. The molecule has 0 atom stereocenters. The summed E-state index contributed by atoms with van der Waals surface area (Å²) in [5.41, 5.74) is 2.91. The van der Waals surface area contributed by atoms with Gasteiger partial charge in [-0.05, 0) is 43.5 Å². The SMILES string of the molecule is CCOC(=O)CNC(=O)N1CCC(c2nc(C(=O)Nc3ccccc3-c3ccc(Cl)cc3)cs2)CC1. The van der Waals surface area contributed by atoms with Gasteiger partial charge in [0.15, 0.2) is 0 Å². The molecule has 188 valence electrons. The Morgan fingerprint density at radius 1 is 1.11 bits per heavy atom. The monoisotopic (exact) mass is 526 g/mol. The molecule has 10 heteroatoms. The van der Waals surface area contributed by atoms with Crippen molar-refractivity contribution in [2.24, 2.45) is 0 Å². The summed E-state index contributed by atoms with van der Waals surface area (Å²) in [5, 5.41) is 8.89. The van der Waals surface area contributed by atoms with Gasteiger partial charge in [-0.3, -0.25) is 9.59 Å². The lowest BCUT2D eigenvalue weighted by Gasteiger charge is -2.31. The highest BCUT2D eigenvalue weighted by atomic mass is 35.5. The molecule has 2 aromatic carbocycles. The van der Waals surface area contributed by atoms with Gasteiger partial charge in [0.25, 0.3) is 5.91 Å². The van der Waals surface area contributed by atoms with E-state index in [-0.39, 0.29) is 31.0 Å². The van der Waals surface area contributed by atoms with Crippen molar-refractivity contribution >= 4 is 46.5 Å². The van der Waals surface area contributed by atoms with Crippen molar-refractivity contribution in [2.45, 2.75) is 25.7 Å². The number of nitrogens with zero attached hydrogens (tertiary/aromatic N) is 2. The Morgan fingerprint density at radius 3 is 2.56 bits per heavy atom. The summed E-state index contributed by atoms with van der Waals surface area (Å²) in [6, 6.07) is 14.8. The lowest BCUT2D eigenvalue weighted by molar-refractivity contribution is -0.141. The number of thiazole rings is 1. The number of ether oxygens (including phenoxy) is 1. The third kappa shape index (κ3) is 6.41. The van der Waals surface area contributed by atoms with E-state index in [2.05, 4.69) is 15.6 Å². The number of likely N-dealkylation sites (tertiary alicyclic amines) is 1. The molecule has 8 nitrogen and oxygen atoms in total. The van der Waals surface area contributed by atoms with Gasteiger partial charge in [0.05, 0.1) is 11.6 Å². The maximum absolute atomic E-state index is 13.0. The Morgan fingerprint density at radius 2 is 1.83 bits per heavy atom. The molecule has 1 aliphatic heterocycles. The molecule has 1 fully saturated rings. The zero-order chi connectivity index (χ0) is 25.5. The minimum atomic E-state index is -0.454. The number of aromatic nitrogens is 1. The molecule has 36 heavy (non-hydrogen) atoms. The van der Waals surface area contributed by atoms with Crippen LogP contribution < -0.4 is 10.6 Å². The van der Waals surface area contributed by atoms with E-state index in [4.69, 9.17) is 16.3 Å². The van der Waals surface area contributed by atoms with Crippen LogP contribution in [0.3, 0.4) is 0 Å². The van der Waals surface area contributed by atoms with Crippen molar-refractivity contribution < 1.29 is 19.1 Å². The van der Waals surface area contributed by atoms with Crippen molar-refractivity contribution in [3.63, 3.8) is 0 Å². The molecule has 2 heterocycles. The Balaban J connectivity index is 1.34. The summed E-state index contributed by atoms with van der Waals surface area (Å²) in [5.74, 6) is -0.549. The van der Waals surface area contributed by atoms with Crippen LogP contribution in [0.15, 0.2) is 53.9 Å². The number of anilines is 1. The van der Waals surface area contributed by atoms with Gasteiger partial charge in [0.1, 0.15) is 12.2 Å². The van der Waals surface area contributed by atoms with E-state index in [1.807, 2.05) is 48.5 Å². The van der Waals surface area contributed by atoms with Crippen LogP contribution in [0.25, 0.3) is 11.1 Å². The van der Waals surface area contributed by atoms with Crippen molar-refractivity contribution in [2.75, 3.05) is 31.6 Å². The molecule has 3 aromatic rings. The van der Waals surface area contributed by atoms with Crippen LogP contribution in [0, 0.1) is 0 Å². The second kappa shape index (κ2) is 12.0. The molecule has 0 unspecified atom stereocenters. The quantitative estimate of drug-likeness (QED) is 0.414. The number of esters is 1. The Bertz CT molecular complexity index is 1220. The van der Waals surface area contributed by atoms with Gasteiger partial charge in [0.2, 0.25) is 0 Å². The van der Waals surface area contributed by atoms with Crippen LogP contribution in [0.4, 0.5) is 10.5 Å². The number of carbonyl (C=O) groups is 3. The summed E-state index contributed by atoms with van der Waals surface area (Å²) in [6.07, 6.45) is 1.47. The van der Waals surface area contributed by atoms with Crippen LogP contribution in [-0.2, 0) is 9.53 Å². The second-order valence-electron chi connectivity index (χ2n) is 8.30. The van der Waals surface area contributed by atoms with Crippen molar-refractivity contribution in [3.05, 3.63) is 69.6 Å². The lowest BCUT2D eigenvalue weighted by Crippen LogP contribution is -2.45. The lowest BCUT2D eigenvalue weighted by atomic mass is 9.98. The van der Waals surface area contributed by atoms with Gasteiger partial charge in [-0.2, -0.15) is 0 Å². The van der Waals surface area contributed by atoms with Crippen LogP contribution in [0.5, 0.6) is 0 Å². The van der Waals surface area contributed by atoms with E-state index in [1.54, 1.807) is 17.2 Å². The fourth-order valence-electron chi connectivity index (χ4n) is 4.04. The number of piperidine rings is 1. The molecule has 0 bridgehead atoms. The van der Waals surface area contributed by atoms with E-state index < -0.39 is 5.97 Å². The molecule has 2 N–H and O–H groups in total. The molecule has 4 rings (SSSR count). The topological polar surface area (TPSA) is 101 Å². The Labute approximate surface area is 218 Å². The van der Waals surface area contributed by atoms with E-state index in [1.165, 1.54) is 11.3 Å². The van der Waals surface area contributed by atoms with Crippen molar-refractivity contribution in [3.8, 4) is 11.1 Å². The maximum Gasteiger partial charge on any atom is 0.325 e. The molecular formula is C26H27ClN4O4S. The van der Waals surface area contributed by atoms with Crippen LogP contribution in [0.1, 0.15) is 41.2 Å². The van der Waals surface area contributed by atoms with E-state index in [0.717, 1.165) is 29.0 Å². The normalized spacial score (nSPS) is 13.8. The zero-order valence-corrected chi connectivity index (χ0v) is 21.4. The number of carbonyl (C=O) groups excluding carboxylic acids is 3. The molecule has 1 saturated heterocycles. The first-order valence-electron chi connectivity index (χ1n) is 11.7. The van der Waals surface area contributed by atoms with Gasteiger partial charge in [-0.1, -0.05) is 41.9 Å². The average molecular weight is 527 g/mol. The fourth-order valence-corrected chi connectivity index (χ4v) is 5.14. The molecule has 1 aliphatic rings. The van der Waals surface area contributed by atoms with Crippen molar-refractivity contribution in [1.29, 1.82) is 0 Å². The highest BCUT2D eigenvalue weighted by Gasteiger charge is 2.26. The standard InChI is InChI=1S/C26H27ClN4O4S/c1-2-35-23(32)15-28-26(34)31-13-11-18(12-14-31)25-30-22(16-36-25)24(33)29-21-6-4-3-5-20(21)17-7-9-19(27)10-8-17/h3-10,16,18H,2,11-15H2,1H3,(H,28,34)(H,29,33). The smallest absolute Gasteiger partial charge is 0.325 e. The average Bonchev–Trinajstić information content (AvgIpc) is 3.39.